The third kappa shape index (κ3) is 6.21. The molecule has 0 spiro atoms. The average Bonchev–Trinajstić information content (AvgIpc) is 3.32. The SMILES string of the molecule is c1ccc(-c2cccc(-c3c(N(c4ccc(-c5ccc6c(ccc7ccccc76)c5)cc4)c4cccc(-c5ccccc5)c4)c4ccccc4c4ccccc34)c2)cc1. The third-order valence-corrected chi connectivity index (χ3v) is 11.8. The van der Waals surface area contributed by atoms with Gasteiger partial charge in [0.1, 0.15) is 0 Å². The van der Waals surface area contributed by atoms with Crippen molar-refractivity contribution in [1.29, 1.82) is 0 Å². The lowest BCUT2D eigenvalue weighted by Gasteiger charge is -2.31. The van der Waals surface area contributed by atoms with Gasteiger partial charge in [-0.15, -0.1) is 0 Å². The summed E-state index contributed by atoms with van der Waals surface area (Å²) in [5, 5.41) is 9.96. The van der Waals surface area contributed by atoms with Gasteiger partial charge >= 0.3 is 0 Å². The number of nitrogens with zero attached hydrogens (tertiary/aromatic N) is 1. The second-order valence-electron chi connectivity index (χ2n) is 15.3. The average molecular weight is 750 g/mol. The molecule has 0 fully saturated rings. The van der Waals surface area contributed by atoms with Gasteiger partial charge in [0.2, 0.25) is 0 Å². The first-order valence-electron chi connectivity index (χ1n) is 20.3. The van der Waals surface area contributed by atoms with E-state index in [1.165, 1.54) is 87.6 Å². The quantitative estimate of drug-likeness (QED) is 0.147. The molecule has 0 unspecified atom stereocenters. The van der Waals surface area contributed by atoms with E-state index in [2.05, 4.69) is 241 Å². The van der Waals surface area contributed by atoms with Gasteiger partial charge in [0.15, 0.2) is 0 Å². The van der Waals surface area contributed by atoms with Gasteiger partial charge in [0.25, 0.3) is 0 Å². The summed E-state index contributed by atoms with van der Waals surface area (Å²) in [7, 11) is 0. The Hall–Kier alpha value is -7.74. The molecule has 0 N–H and O–H groups in total. The van der Waals surface area contributed by atoms with Crippen molar-refractivity contribution < 1.29 is 0 Å². The van der Waals surface area contributed by atoms with Crippen LogP contribution in [0.3, 0.4) is 0 Å². The number of hydrogen-bond acceptors (Lipinski definition) is 1. The molecule has 0 saturated carbocycles. The van der Waals surface area contributed by atoms with Crippen molar-refractivity contribution in [3.63, 3.8) is 0 Å². The van der Waals surface area contributed by atoms with E-state index in [-0.39, 0.29) is 0 Å². The summed E-state index contributed by atoms with van der Waals surface area (Å²) in [6.07, 6.45) is 0. The highest BCUT2D eigenvalue weighted by Crippen LogP contribution is 2.50. The van der Waals surface area contributed by atoms with Crippen molar-refractivity contribution >= 4 is 60.2 Å². The largest absolute Gasteiger partial charge is 0.309 e. The Bertz CT molecular complexity index is 3310. The molecule has 0 heterocycles. The topological polar surface area (TPSA) is 3.24 Å². The van der Waals surface area contributed by atoms with E-state index in [0.717, 1.165) is 17.1 Å². The van der Waals surface area contributed by atoms with Crippen LogP contribution in [0, 0.1) is 0 Å². The summed E-state index contributed by atoms with van der Waals surface area (Å²) >= 11 is 0. The lowest BCUT2D eigenvalue weighted by molar-refractivity contribution is 1.30. The molecule has 11 aromatic carbocycles. The predicted molar refractivity (Wildman–Crippen MR) is 253 cm³/mol. The fourth-order valence-electron chi connectivity index (χ4n) is 8.99. The zero-order valence-electron chi connectivity index (χ0n) is 32.5. The Morgan fingerprint density at radius 1 is 0.220 bits per heavy atom. The molecule has 59 heavy (non-hydrogen) atoms. The Morgan fingerprint density at radius 2 is 0.695 bits per heavy atom. The molecule has 1 heteroatoms. The van der Waals surface area contributed by atoms with Crippen molar-refractivity contribution in [3.05, 3.63) is 237 Å². The molecule has 0 bridgehead atoms. The molecule has 11 aromatic rings. The Labute approximate surface area is 344 Å². The van der Waals surface area contributed by atoms with E-state index < -0.39 is 0 Å². The van der Waals surface area contributed by atoms with E-state index >= 15 is 0 Å². The lowest BCUT2D eigenvalue weighted by atomic mass is 9.88. The van der Waals surface area contributed by atoms with Gasteiger partial charge in [0, 0.05) is 22.3 Å². The zero-order chi connectivity index (χ0) is 39.1. The minimum atomic E-state index is 1.09. The Kier molecular flexibility index (Phi) is 8.56. The molecule has 0 aliphatic rings. The molecule has 0 aliphatic carbocycles. The van der Waals surface area contributed by atoms with Crippen molar-refractivity contribution in [3.8, 4) is 44.5 Å². The molecule has 0 saturated heterocycles. The fourth-order valence-corrected chi connectivity index (χ4v) is 8.99. The van der Waals surface area contributed by atoms with Crippen LogP contribution in [0.25, 0.3) is 87.6 Å². The normalized spacial score (nSPS) is 11.4. The molecule has 11 rings (SSSR count). The van der Waals surface area contributed by atoms with Crippen LogP contribution in [0.1, 0.15) is 0 Å². The maximum atomic E-state index is 2.49. The maximum absolute atomic E-state index is 2.49. The van der Waals surface area contributed by atoms with Gasteiger partial charge in [-0.3, -0.25) is 0 Å². The van der Waals surface area contributed by atoms with Crippen LogP contribution in [0.5, 0.6) is 0 Å². The smallest absolute Gasteiger partial charge is 0.0624 e. The van der Waals surface area contributed by atoms with Gasteiger partial charge in [-0.2, -0.15) is 0 Å². The van der Waals surface area contributed by atoms with Crippen LogP contribution < -0.4 is 4.90 Å². The monoisotopic (exact) mass is 749 g/mol. The second-order valence-corrected chi connectivity index (χ2v) is 15.3. The van der Waals surface area contributed by atoms with E-state index in [0.29, 0.717) is 0 Å². The third-order valence-electron chi connectivity index (χ3n) is 11.8. The summed E-state index contributed by atoms with van der Waals surface area (Å²) in [5.74, 6) is 0. The standard InChI is InChI=1S/C58H39N/c1-3-15-40(16-4-1)44-20-13-22-48(38-44)57-55-27-11-9-25-53(55)54-26-10-12-28-56(54)58(57)59(50-23-14-21-45(39-50)41-17-5-2-6-18-41)49-34-31-42(32-35-49)46-33-36-52-47(37-46)30-29-43-19-7-8-24-51(43)52/h1-39H. The van der Waals surface area contributed by atoms with E-state index in [1.807, 2.05) is 0 Å². The molecule has 276 valence electrons. The molecule has 0 aliphatic heterocycles. The molecule has 0 atom stereocenters. The highest BCUT2D eigenvalue weighted by atomic mass is 15.1. The van der Waals surface area contributed by atoms with Crippen LogP contribution in [0.2, 0.25) is 0 Å². The van der Waals surface area contributed by atoms with Crippen LogP contribution in [-0.4, -0.2) is 0 Å². The van der Waals surface area contributed by atoms with Crippen molar-refractivity contribution in [2.75, 3.05) is 4.90 Å². The number of hydrogen-bond donors (Lipinski definition) is 0. The van der Waals surface area contributed by atoms with E-state index in [9.17, 15) is 0 Å². The molecule has 0 radical (unpaired) electrons. The Balaban J connectivity index is 1.15. The van der Waals surface area contributed by atoms with Gasteiger partial charge in [-0.05, 0) is 113 Å². The van der Waals surface area contributed by atoms with Crippen molar-refractivity contribution in [2.45, 2.75) is 0 Å². The summed E-state index contributed by atoms with van der Waals surface area (Å²) in [6, 6.07) is 86.4. The summed E-state index contributed by atoms with van der Waals surface area (Å²) < 4.78 is 0. The molecule has 0 aromatic heterocycles. The molecular weight excluding hydrogens is 711 g/mol. The van der Waals surface area contributed by atoms with E-state index in [1.54, 1.807) is 0 Å². The second kappa shape index (κ2) is 14.6. The highest BCUT2D eigenvalue weighted by molar-refractivity contribution is 6.22. The van der Waals surface area contributed by atoms with Crippen molar-refractivity contribution in [1.82, 2.24) is 0 Å². The fraction of sp³-hybridized carbons (Fsp3) is 0. The first-order chi connectivity index (χ1) is 29.3. The van der Waals surface area contributed by atoms with E-state index in [4.69, 9.17) is 0 Å². The number of benzene rings is 11. The zero-order valence-corrected chi connectivity index (χ0v) is 32.5. The Morgan fingerprint density at radius 3 is 1.42 bits per heavy atom. The van der Waals surface area contributed by atoms with Crippen LogP contribution in [0.15, 0.2) is 237 Å². The molecular formula is C58H39N. The van der Waals surface area contributed by atoms with Gasteiger partial charge in [0.05, 0.1) is 5.69 Å². The molecule has 0 amide bonds. The summed E-state index contributed by atoms with van der Waals surface area (Å²) in [4.78, 5) is 2.49. The minimum Gasteiger partial charge on any atom is -0.309 e. The number of anilines is 3. The van der Waals surface area contributed by atoms with Gasteiger partial charge in [-0.25, -0.2) is 0 Å². The summed E-state index contributed by atoms with van der Waals surface area (Å²) in [6.45, 7) is 0. The number of rotatable bonds is 7. The van der Waals surface area contributed by atoms with Crippen LogP contribution in [0.4, 0.5) is 17.1 Å². The lowest BCUT2D eigenvalue weighted by Crippen LogP contribution is -2.12. The van der Waals surface area contributed by atoms with Gasteiger partial charge in [-0.1, -0.05) is 200 Å². The number of fused-ring (bicyclic) bond motifs is 6. The first kappa shape index (κ1) is 34.5. The highest BCUT2D eigenvalue weighted by Gasteiger charge is 2.24. The van der Waals surface area contributed by atoms with Crippen LogP contribution in [-0.2, 0) is 0 Å². The van der Waals surface area contributed by atoms with Crippen molar-refractivity contribution in [2.24, 2.45) is 0 Å². The first-order valence-corrected chi connectivity index (χ1v) is 20.3. The summed E-state index contributed by atoms with van der Waals surface area (Å²) in [5.41, 5.74) is 12.8. The van der Waals surface area contributed by atoms with Crippen LogP contribution >= 0.6 is 0 Å². The molecule has 1 nitrogen and oxygen atoms in total. The van der Waals surface area contributed by atoms with Gasteiger partial charge < -0.3 is 4.90 Å². The maximum Gasteiger partial charge on any atom is 0.0624 e. The minimum absolute atomic E-state index is 1.09. The predicted octanol–water partition coefficient (Wildman–Crippen LogP) is 16.4.